The minimum absolute atomic E-state index is 0.169. The molecule has 110 valence electrons. The van der Waals surface area contributed by atoms with Gasteiger partial charge in [0.05, 0.1) is 12.2 Å². The first kappa shape index (κ1) is 15.3. The van der Waals surface area contributed by atoms with Crippen molar-refractivity contribution in [1.29, 1.82) is 0 Å². The SMILES string of the molecule is CCCCC/C(=C\c1ccccc1)C1O[C@@H](C)[C@@H](C)O1. The van der Waals surface area contributed by atoms with E-state index in [9.17, 15) is 0 Å². The second-order valence-electron chi connectivity index (χ2n) is 5.60. The van der Waals surface area contributed by atoms with Crippen LogP contribution in [0.25, 0.3) is 6.08 Å². The fourth-order valence-corrected chi connectivity index (χ4v) is 2.42. The topological polar surface area (TPSA) is 18.5 Å². The minimum atomic E-state index is -0.169. The molecule has 1 unspecified atom stereocenters. The van der Waals surface area contributed by atoms with Gasteiger partial charge in [0.25, 0.3) is 0 Å². The summed E-state index contributed by atoms with van der Waals surface area (Å²) in [6.07, 6.45) is 7.13. The van der Waals surface area contributed by atoms with Gasteiger partial charge < -0.3 is 9.47 Å². The van der Waals surface area contributed by atoms with Crippen LogP contribution in [-0.4, -0.2) is 18.5 Å². The lowest BCUT2D eigenvalue weighted by atomic mass is 10.0. The molecule has 0 spiro atoms. The van der Waals surface area contributed by atoms with Crippen molar-refractivity contribution in [1.82, 2.24) is 0 Å². The van der Waals surface area contributed by atoms with Crippen LogP contribution in [0.15, 0.2) is 35.9 Å². The average molecular weight is 274 g/mol. The predicted molar refractivity (Wildman–Crippen MR) is 83.4 cm³/mol. The highest BCUT2D eigenvalue weighted by molar-refractivity contribution is 5.53. The van der Waals surface area contributed by atoms with Gasteiger partial charge >= 0.3 is 0 Å². The number of rotatable bonds is 6. The lowest BCUT2D eigenvalue weighted by Gasteiger charge is -2.15. The molecule has 1 aliphatic heterocycles. The molecular weight excluding hydrogens is 248 g/mol. The van der Waals surface area contributed by atoms with Gasteiger partial charge in [-0.15, -0.1) is 0 Å². The summed E-state index contributed by atoms with van der Waals surface area (Å²) in [5.41, 5.74) is 2.49. The van der Waals surface area contributed by atoms with Crippen LogP contribution in [0.2, 0.25) is 0 Å². The molecule has 0 amide bonds. The molecular formula is C18H26O2. The summed E-state index contributed by atoms with van der Waals surface area (Å²) >= 11 is 0. The molecule has 0 radical (unpaired) electrons. The van der Waals surface area contributed by atoms with E-state index in [-0.39, 0.29) is 18.5 Å². The van der Waals surface area contributed by atoms with Gasteiger partial charge in [-0.2, -0.15) is 0 Å². The molecule has 20 heavy (non-hydrogen) atoms. The Balaban J connectivity index is 2.10. The molecule has 2 rings (SSSR count). The first-order valence-corrected chi connectivity index (χ1v) is 7.77. The number of benzene rings is 1. The molecule has 0 saturated carbocycles. The van der Waals surface area contributed by atoms with E-state index in [1.807, 2.05) is 6.07 Å². The van der Waals surface area contributed by atoms with E-state index in [0.717, 1.165) is 6.42 Å². The summed E-state index contributed by atoms with van der Waals surface area (Å²) < 4.78 is 11.9. The fraction of sp³-hybridized carbons (Fsp3) is 0.556. The number of hydrogen-bond acceptors (Lipinski definition) is 2. The maximum Gasteiger partial charge on any atom is 0.180 e. The standard InChI is InChI=1S/C18H26O2/c1-4-5-7-12-17(13-16-10-8-6-9-11-16)18-19-14(2)15(3)20-18/h6,8-11,13-15,18H,4-5,7,12H2,1-3H3/b17-13+/t14-,15+,18?. The zero-order chi connectivity index (χ0) is 14.4. The summed E-state index contributed by atoms with van der Waals surface area (Å²) in [5.74, 6) is 0. The van der Waals surface area contributed by atoms with E-state index in [2.05, 4.69) is 51.1 Å². The van der Waals surface area contributed by atoms with Crippen molar-refractivity contribution in [3.05, 3.63) is 41.5 Å². The first-order chi connectivity index (χ1) is 9.70. The number of unbranched alkanes of at least 4 members (excludes halogenated alkanes) is 2. The minimum Gasteiger partial charge on any atom is -0.343 e. The molecule has 0 N–H and O–H groups in total. The van der Waals surface area contributed by atoms with E-state index in [0.29, 0.717) is 0 Å². The van der Waals surface area contributed by atoms with Gasteiger partial charge in [-0.25, -0.2) is 0 Å². The number of ether oxygens (including phenoxy) is 2. The van der Waals surface area contributed by atoms with Gasteiger partial charge in [0.1, 0.15) is 0 Å². The van der Waals surface area contributed by atoms with Crippen molar-refractivity contribution in [2.24, 2.45) is 0 Å². The van der Waals surface area contributed by atoms with Gasteiger partial charge in [0.2, 0.25) is 0 Å². The van der Waals surface area contributed by atoms with E-state index in [1.54, 1.807) is 0 Å². The Hall–Kier alpha value is -1.12. The normalized spacial score (nSPS) is 26.9. The van der Waals surface area contributed by atoms with E-state index in [4.69, 9.17) is 9.47 Å². The summed E-state index contributed by atoms with van der Waals surface area (Å²) in [6.45, 7) is 6.39. The van der Waals surface area contributed by atoms with Gasteiger partial charge in [0.15, 0.2) is 6.29 Å². The van der Waals surface area contributed by atoms with Gasteiger partial charge in [-0.05, 0) is 37.8 Å². The van der Waals surface area contributed by atoms with E-state index in [1.165, 1.54) is 30.4 Å². The first-order valence-electron chi connectivity index (χ1n) is 7.77. The van der Waals surface area contributed by atoms with Crippen molar-refractivity contribution in [2.75, 3.05) is 0 Å². The van der Waals surface area contributed by atoms with Crippen LogP contribution in [-0.2, 0) is 9.47 Å². The highest BCUT2D eigenvalue weighted by atomic mass is 16.7. The highest BCUT2D eigenvalue weighted by Gasteiger charge is 2.31. The molecule has 2 nitrogen and oxygen atoms in total. The van der Waals surface area contributed by atoms with Crippen LogP contribution >= 0.6 is 0 Å². The number of hydrogen-bond donors (Lipinski definition) is 0. The summed E-state index contributed by atoms with van der Waals surface area (Å²) in [5, 5.41) is 0. The maximum atomic E-state index is 5.95. The monoisotopic (exact) mass is 274 g/mol. The quantitative estimate of drug-likeness (QED) is 0.694. The van der Waals surface area contributed by atoms with E-state index < -0.39 is 0 Å². The molecule has 1 saturated heterocycles. The molecule has 0 bridgehead atoms. The van der Waals surface area contributed by atoms with Crippen LogP contribution in [0.1, 0.15) is 52.0 Å². The van der Waals surface area contributed by atoms with Crippen LogP contribution in [0.5, 0.6) is 0 Å². The lowest BCUT2D eigenvalue weighted by Crippen LogP contribution is -2.13. The Bertz CT molecular complexity index is 414. The Morgan fingerprint density at radius 2 is 1.70 bits per heavy atom. The fourth-order valence-electron chi connectivity index (χ4n) is 2.42. The molecule has 0 aromatic heterocycles. The van der Waals surface area contributed by atoms with Gasteiger partial charge in [-0.1, -0.05) is 56.2 Å². The van der Waals surface area contributed by atoms with E-state index >= 15 is 0 Å². The van der Waals surface area contributed by atoms with Crippen molar-refractivity contribution in [3.8, 4) is 0 Å². The zero-order valence-electron chi connectivity index (χ0n) is 12.8. The van der Waals surface area contributed by atoms with Crippen molar-refractivity contribution in [2.45, 2.75) is 65.0 Å². The summed E-state index contributed by atoms with van der Waals surface area (Å²) in [7, 11) is 0. The van der Waals surface area contributed by atoms with Crippen molar-refractivity contribution >= 4 is 6.08 Å². The molecule has 1 fully saturated rings. The predicted octanol–water partition coefficient (Wildman–Crippen LogP) is 4.80. The smallest absolute Gasteiger partial charge is 0.180 e. The van der Waals surface area contributed by atoms with Gasteiger partial charge in [-0.3, -0.25) is 0 Å². The molecule has 2 heteroatoms. The third kappa shape index (κ3) is 4.19. The van der Waals surface area contributed by atoms with Gasteiger partial charge in [0, 0.05) is 0 Å². The van der Waals surface area contributed by atoms with Crippen LogP contribution < -0.4 is 0 Å². The maximum absolute atomic E-state index is 5.95. The zero-order valence-corrected chi connectivity index (χ0v) is 12.8. The largest absolute Gasteiger partial charge is 0.343 e. The highest BCUT2D eigenvalue weighted by Crippen LogP contribution is 2.28. The Morgan fingerprint density at radius 3 is 2.30 bits per heavy atom. The average Bonchev–Trinajstić information content (AvgIpc) is 2.79. The molecule has 1 aromatic rings. The third-order valence-electron chi connectivity index (χ3n) is 3.86. The summed E-state index contributed by atoms with van der Waals surface area (Å²) in [4.78, 5) is 0. The molecule has 0 aliphatic carbocycles. The summed E-state index contributed by atoms with van der Waals surface area (Å²) in [6, 6.07) is 10.4. The molecule has 3 atom stereocenters. The lowest BCUT2D eigenvalue weighted by molar-refractivity contribution is -0.0348. The molecule has 1 aliphatic rings. The Morgan fingerprint density at radius 1 is 1.05 bits per heavy atom. The van der Waals surface area contributed by atoms with Crippen LogP contribution in [0.4, 0.5) is 0 Å². The second kappa shape index (κ2) is 7.61. The molecule has 1 aromatic carbocycles. The van der Waals surface area contributed by atoms with Crippen LogP contribution in [0.3, 0.4) is 0 Å². The Labute approximate surface area is 122 Å². The van der Waals surface area contributed by atoms with Crippen LogP contribution in [0, 0.1) is 0 Å². The second-order valence-corrected chi connectivity index (χ2v) is 5.60. The van der Waals surface area contributed by atoms with Crippen molar-refractivity contribution in [3.63, 3.8) is 0 Å². The third-order valence-corrected chi connectivity index (χ3v) is 3.86. The molecule has 1 heterocycles. The Kier molecular flexibility index (Phi) is 5.81. The van der Waals surface area contributed by atoms with Crippen molar-refractivity contribution < 1.29 is 9.47 Å².